The number of hydrogen-bond donors (Lipinski definition) is 1. The first-order chi connectivity index (χ1) is 8.08. The number of hydrogen-bond acceptors (Lipinski definition) is 2. The molecule has 0 radical (unpaired) electrons. The van der Waals surface area contributed by atoms with Crippen LogP contribution in [0.5, 0.6) is 0 Å². The maximum Gasteiger partial charge on any atom is 0.0760 e. The number of aromatic nitrogens is 1. The van der Waals surface area contributed by atoms with Crippen LogP contribution >= 0.6 is 23.2 Å². The normalized spacial score (nSPS) is 14.6. The zero-order chi connectivity index (χ0) is 12.8. The van der Waals surface area contributed by atoms with Gasteiger partial charge in [0, 0.05) is 6.20 Å². The van der Waals surface area contributed by atoms with Crippen LogP contribution < -0.4 is 5.32 Å². The molecule has 0 bridgehead atoms. The Morgan fingerprint density at radius 1 is 1.35 bits per heavy atom. The van der Waals surface area contributed by atoms with E-state index >= 15 is 0 Å². The Labute approximate surface area is 114 Å². The summed E-state index contributed by atoms with van der Waals surface area (Å²) in [7, 11) is 0. The third-order valence-corrected chi connectivity index (χ3v) is 3.46. The summed E-state index contributed by atoms with van der Waals surface area (Å²) < 4.78 is 0. The van der Waals surface area contributed by atoms with Crippen LogP contribution in [0, 0.1) is 5.92 Å². The molecule has 0 aliphatic carbocycles. The summed E-state index contributed by atoms with van der Waals surface area (Å²) >= 11 is 12.1. The highest BCUT2D eigenvalue weighted by molar-refractivity contribution is 6.34. The Balaban J connectivity index is 2.88. The van der Waals surface area contributed by atoms with Gasteiger partial charge >= 0.3 is 0 Å². The molecule has 1 N–H and O–H groups in total. The van der Waals surface area contributed by atoms with Crippen molar-refractivity contribution in [1.29, 1.82) is 0 Å². The van der Waals surface area contributed by atoms with Gasteiger partial charge in [-0.2, -0.15) is 0 Å². The van der Waals surface area contributed by atoms with E-state index in [0.717, 1.165) is 25.1 Å². The number of rotatable bonds is 6. The first-order valence-electron chi connectivity index (χ1n) is 6.12. The molecule has 96 valence electrons. The summed E-state index contributed by atoms with van der Waals surface area (Å²) in [5.41, 5.74) is 0.901. The van der Waals surface area contributed by atoms with Crippen LogP contribution in [0.2, 0.25) is 10.0 Å². The predicted molar refractivity (Wildman–Crippen MR) is 74.7 cm³/mol. The highest BCUT2D eigenvalue weighted by Gasteiger charge is 2.17. The molecular formula is C13H20Cl2N2. The molecule has 0 saturated heterocycles. The van der Waals surface area contributed by atoms with Crippen molar-refractivity contribution in [3.8, 4) is 0 Å². The lowest BCUT2D eigenvalue weighted by molar-refractivity contribution is 0.402. The maximum absolute atomic E-state index is 6.20. The van der Waals surface area contributed by atoms with Gasteiger partial charge in [-0.25, -0.2) is 0 Å². The van der Waals surface area contributed by atoms with Crippen LogP contribution in [-0.2, 0) is 0 Å². The minimum atomic E-state index is 0.208. The highest BCUT2D eigenvalue weighted by Crippen LogP contribution is 2.28. The number of nitrogens with zero attached hydrogens (tertiary/aromatic N) is 1. The lowest BCUT2D eigenvalue weighted by Gasteiger charge is -2.21. The Bertz CT molecular complexity index is 355. The predicted octanol–water partition coefficient (Wildman–Crippen LogP) is 4.48. The SMILES string of the molecule is CCNC(CC(C)CC)c1ncc(Cl)cc1Cl. The van der Waals surface area contributed by atoms with Gasteiger partial charge in [0.2, 0.25) is 0 Å². The summed E-state index contributed by atoms with van der Waals surface area (Å²) in [5.74, 6) is 0.646. The summed E-state index contributed by atoms with van der Waals surface area (Å²) in [6, 6.07) is 1.96. The molecule has 1 heterocycles. The quantitative estimate of drug-likeness (QED) is 0.828. The third-order valence-electron chi connectivity index (χ3n) is 2.95. The van der Waals surface area contributed by atoms with E-state index in [1.54, 1.807) is 12.3 Å². The molecule has 0 amide bonds. The van der Waals surface area contributed by atoms with E-state index in [0.29, 0.717) is 16.0 Å². The van der Waals surface area contributed by atoms with Crippen molar-refractivity contribution in [2.45, 2.75) is 39.7 Å². The number of pyridine rings is 1. The van der Waals surface area contributed by atoms with Crippen molar-refractivity contribution in [1.82, 2.24) is 10.3 Å². The molecule has 2 nitrogen and oxygen atoms in total. The van der Waals surface area contributed by atoms with Crippen molar-refractivity contribution in [3.05, 3.63) is 28.0 Å². The van der Waals surface area contributed by atoms with Crippen molar-refractivity contribution in [2.75, 3.05) is 6.54 Å². The lowest BCUT2D eigenvalue weighted by atomic mass is 9.97. The van der Waals surface area contributed by atoms with E-state index in [4.69, 9.17) is 23.2 Å². The third kappa shape index (κ3) is 4.46. The Hall–Kier alpha value is -0.310. The Morgan fingerprint density at radius 3 is 2.59 bits per heavy atom. The van der Waals surface area contributed by atoms with Crippen LogP contribution in [0.15, 0.2) is 12.3 Å². The highest BCUT2D eigenvalue weighted by atomic mass is 35.5. The molecular weight excluding hydrogens is 255 g/mol. The van der Waals surface area contributed by atoms with Gasteiger partial charge < -0.3 is 5.32 Å². The first-order valence-corrected chi connectivity index (χ1v) is 6.88. The minimum Gasteiger partial charge on any atom is -0.309 e. The summed E-state index contributed by atoms with van der Waals surface area (Å²) in [6.07, 6.45) is 3.86. The fraction of sp³-hybridized carbons (Fsp3) is 0.615. The van der Waals surface area contributed by atoms with Crippen LogP contribution in [-0.4, -0.2) is 11.5 Å². The molecule has 1 aromatic heterocycles. The zero-order valence-corrected chi connectivity index (χ0v) is 12.1. The van der Waals surface area contributed by atoms with E-state index in [1.165, 1.54) is 0 Å². The molecule has 1 rings (SSSR count). The maximum atomic E-state index is 6.20. The number of nitrogens with one attached hydrogen (secondary N) is 1. The van der Waals surface area contributed by atoms with Gasteiger partial charge in [0.25, 0.3) is 0 Å². The molecule has 1 aromatic rings. The van der Waals surface area contributed by atoms with E-state index in [-0.39, 0.29) is 6.04 Å². The molecule has 0 fully saturated rings. The first kappa shape index (κ1) is 14.7. The van der Waals surface area contributed by atoms with Gasteiger partial charge in [-0.15, -0.1) is 0 Å². The second-order valence-corrected chi connectivity index (χ2v) is 5.22. The Morgan fingerprint density at radius 2 is 2.06 bits per heavy atom. The Kier molecular flexibility index (Phi) is 6.24. The van der Waals surface area contributed by atoms with E-state index in [9.17, 15) is 0 Å². The molecule has 17 heavy (non-hydrogen) atoms. The zero-order valence-electron chi connectivity index (χ0n) is 10.6. The fourth-order valence-corrected chi connectivity index (χ4v) is 2.30. The van der Waals surface area contributed by atoms with Gasteiger partial charge in [0.05, 0.1) is 21.8 Å². The molecule has 4 heteroatoms. The van der Waals surface area contributed by atoms with E-state index in [2.05, 4.69) is 31.1 Å². The van der Waals surface area contributed by atoms with Gasteiger partial charge in [-0.05, 0) is 24.9 Å². The molecule has 0 saturated carbocycles. The van der Waals surface area contributed by atoms with Gasteiger partial charge in [0.1, 0.15) is 0 Å². The van der Waals surface area contributed by atoms with E-state index < -0.39 is 0 Å². The molecule has 0 aliphatic heterocycles. The van der Waals surface area contributed by atoms with Gasteiger partial charge in [0.15, 0.2) is 0 Å². The average molecular weight is 275 g/mol. The molecule has 0 aliphatic rings. The summed E-state index contributed by atoms with van der Waals surface area (Å²) in [5, 5.41) is 4.66. The fourth-order valence-electron chi connectivity index (χ4n) is 1.79. The van der Waals surface area contributed by atoms with Crippen LogP contribution in [0.3, 0.4) is 0 Å². The largest absolute Gasteiger partial charge is 0.309 e. The number of halogens is 2. The van der Waals surface area contributed by atoms with Gasteiger partial charge in [-0.1, -0.05) is 50.4 Å². The van der Waals surface area contributed by atoms with Gasteiger partial charge in [-0.3, -0.25) is 4.98 Å². The molecule has 0 aromatic carbocycles. The monoisotopic (exact) mass is 274 g/mol. The molecule has 2 unspecified atom stereocenters. The lowest BCUT2D eigenvalue weighted by Crippen LogP contribution is -2.24. The standard InChI is InChI=1S/C13H20Cl2N2/c1-4-9(3)6-12(16-5-2)13-11(15)7-10(14)8-17-13/h7-9,12,16H,4-6H2,1-3H3. The van der Waals surface area contributed by atoms with Crippen LogP contribution in [0.4, 0.5) is 0 Å². The summed E-state index contributed by atoms with van der Waals surface area (Å²) in [4.78, 5) is 4.36. The van der Waals surface area contributed by atoms with Crippen molar-refractivity contribution >= 4 is 23.2 Å². The van der Waals surface area contributed by atoms with Crippen molar-refractivity contribution < 1.29 is 0 Å². The van der Waals surface area contributed by atoms with Crippen molar-refractivity contribution in [3.63, 3.8) is 0 Å². The second kappa shape index (κ2) is 7.20. The molecule has 2 atom stereocenters. The average Bonchev–Trinajstić information content (AvgIpc) is 2.28. The van der Waals surface area contributed by atoms with E-state index in [1.807, 2.05) is 0 Å². The van der Waals surface area contributed by atoms with Crippen LogP contribution in [0.25, 0.3) is 0 Å². The van der Waals surface area contributed by atoms with Crippen LogP contribution in [0.1, 0.15) is 45.3 Å². The second-order valence-electron chi connectivity index (χ2n) is 4.38. The molecule has 0 spiro atoms. The summed E-state index contributed by atoms with van der Waals surface area (Å²) in [6.45, 7) is 7.44. The smallest absolute Gasteiger partial charge is 0.0760 e. The topological polar surface area (TPSA) is 24.9 Å². The minimum absolute atomic E-state index is 0.208. The van der Waals surface area contributed by atoms with Crippen molar-refractivity contribution in [2.24, 2.45) is 5.92 Å².